The lowest BCUT2D eigenvalue weighted by Gasteiger charge is -2.07. The van der Waals surface area contributed by atoms with E-state index in [1.807, 2.05) is 0 Å². The molecule has 0 aliphatic carbocycles. The van der Waals surface area contributed by atoms with E-state index in [2.05, 4.69) is 0 Å². The minimum Gasteiger partial charge on any atom is -0.426 e. The van der Waals surface area contributed by atoms with Gasteiger partial charge in [-0.25, -0.2) is 0 Å². The van der Waals surface area contributed by atoms with Crippen molar-refractivity contribution in [3.05, 3.63) is 63.6 Å². The number of amides is 1. The van der Waals surface area contributed by atoms with Gasteiger partial charge in [-0.3, -0.25) is 9.59 Å². The maximum absolute atomic E-state index is 11.9. The first-order valence-corrected chi connectivity index (χ1v) is 6.76. The van der Waals surface area contributed by atoms with Crippen LogP contribution >= 0.6 is 23.2 Å². The zero-order chi connectivity index (χ0) is 15.4. The summed E-state index contributed by atoms with van der Waals surface area (Å²) in [5.74, 6) is -0.735. The number of esters is 1. The summed E-state index contributed by atoms with van der Waals surface area (Å²) in [6, 6.07) is 10.9. The summed E-state index contributed by atoms with van der Waals surface area (Å²) in [7, 11) is 0. The molecule has 21 heavy (non-hydrogen) atoms. The topological polar surface area (TPSA) is 69.4 Å². The van der Waals surface area contributed by atoms with E-state index in [9.17, 15) is 9.59 Å². The first kappa shape index (κ1) is 15.4. The smallest absolute Gasteiger partial charge is 0.315 e. The van der Waals surface area contributed by atoms with Gasteiger partial charge >= 0.3 is 5.97 Å². The van der Waals surface area contributed by atoms with Gasteiger partial charge in [0.1, 0.15) is 5.75 Å². The molecule has 6 heteroatoms. The van der Waals surface area contributed by atoms with E-state index >= 15 is 0 Å². The second-order valence-corrected chi connectivity index (χ2v) is 5.05. The minimum absolute atomic E-state index is 0.0456. The molecule has 0 aliphatic heterocycles. The monoisotopic (exact) mass is 323 g/mol. The van der Waals surface area contributed by atoms with Crippen molar-refractivity contribution in [1.82, 2.24) is 0 Å². The summed E-state index contributed by atoms with van der Waals surface area (Å²) in [6.07, 6.45) is -0.0456. The van der Waals surface area contributed by atoms with E-state index in [1.165, 1.54) is 24.3 Å². The Morgan fingerprint density at radius 3 is 2.10 bits per heavy atom. The summed E-state index contributed by atoms with van der Waals surface area (Å²) in [6.45, 7) is 0. The molecule has 108 valence electrons. The number of hydrogen-bond donors (Lipinski definition) is 1. The average Bonchev–Trinajstić information content (AvgIpc) is 2.43. The highest BCUT2D eigenvalue weighted by atomic mass is 35.5. The predicted molar refractivity (Wildman–Crippen MR) is 80.8 cm³/mol. The van der Waals surface area contributed by atoms with Crippen molar-refractivity contribution in [3.8, 4) is 5.75 Å². The Balaban J connectivity index is 2.06. The molecule has 2 aromatic rings. The predicted octanol–water partition coefficient (Wildman–Crippen LogP) is 3.24. The second kappa shape index (κ2) is 6.61. The number of carbonyl (C=O) groups excluding carboxylic acids is 2. The number of nitrogens with two attached hydrogens (primary N) is 1. The largest absolute Gasteiger partial charge is 0.426 e. The van der Waals surface area contributed by atoms with Gasteiger partial charge in [0.15, 0.2) is 0 Å². The number of benzene rings is 2. The van der Waals surface area contributed by atoms with E-state index in [4.69, 9.17) is 33.7 Å². The van der Waals surface area contributed by atoms with Crippen LogP contribution in [0.1, 0.15) is 15.9 Å². The van der Waals surface area contributed by atoms with Crippen LogP contribution in [0.15, 0.2) is 42.5 Å². The van der Waals surface area contributed by atoms with Crippen LogP contribution in [0.5, 0.6) is 5.75 Å². The number of rotatable bonds is 4. The maximum atomic E-state index is 11.9. The SMILES string of the molecule is NC(=O)c1ccc(OC(=O)Cc2c(Cl)cccc2Cl)cc1. The van der Waals surface area contributed by atoms with Crippen molar-refractivity contribution in [2.75, 3.05) is 0 Å². The van der Waals surface area contributed by atoms with Crippen LogP contribution in [0.3, 0.4) is 0 Å². The Kier molecular flexibility index (Phi) is 4.83. The summed E-state index contributed by atoms with van der Waals surface area (Å²) in [5, 5.41) is 0.812. The lowest BCUT2D eigenvalue weighted by atomic mass is 10.1. The molecular formula is C15H11Cl2NO3. The Hall–Kier alpha value is -2.04. The molecule has 0 spiro atoms. The molecule has 0 saturated carbocycles. The Bertz CT molecular complexity index is 664. The lowest BCUT2D eigenvalue weighted by molar-refractivity contribution is -0.133. The molecule has 0 aliphatic rings. The molecule has 0 unspecified atom stereocenters. The molecule has 4 nitrogen and oxygen atoms in total. The van der Waals surface area contributed by atoms with Crippen LogP contribution in [-0.4, -0.2) is 11.9 Å². The molecule has 0 saturated heterocycles. The first-order valence-electron chi connectivity index (χ1n) is 6.01. The molecule has 2 rings (SSSR count). The van der Waals surface area contributed by atoms with Crippen molar-refractivity contribution in [3.63, 3.8) is 0 Å². The molecule has 1 amide bonds. The van der Waals surface area contributed by atoms with Crippen LogP contribution < -0.4 is 10.5 Å². The Morgan fingerprint density at radius 1 is 1.00 bits per heavy atom. The number of carbonyl (C=O) groups is 2. The Labute approximate surface area is 131 Å². The molecule has 0 atom stereocenters. The molecule has 2 aromatic carbocycles. The zero-order valence-electron chi connectivity index (χ0n) is 10.8. The van der Waals surface area contributed by atoms with Gasteiger partial charge in [0.2, 0.25) is 5.91 Å². The van der Waals surface area contributed by atoms with Gasteiger partial charge in [0.05, 0.1) is 6.42 Å². The van der Waals surface area contributed by atoms with Gasteiger partial charge in [-0.1, -0.05) is 29.3 Å². The van der Waals surface area contributed by atoms with Crippen molar-refractivity contribution < 1.29 is 14.3 Å². The van der Waals surface area contributed by atoms with E-state index in [0.717, 1.165) is 0 Å². The molecule has 0 fully saturated rings. The second-order valence-electron chi connectivity index (χ2n) is 4.24. The third-order valence-corrected chi connectivity index (χ3v) is 3.46. The fourth-order valence-corrected chi connectivity index (χ4v) is 2.23. The third kappa shape index (κ3) is 3.97. The van der Waals surface area contributed by atoms with Gasteiger partial charge in [-0.2, -0.15) is 0 Å². The summed E-state index contributed by atoms with van der Waals surface area (Å²) >= 11 is 12.0. The standard InChI is InChI=1S/C15H11Cl2NO3/c16-12-2-1-3-13(17)11(12)8-14(19)21-10-6-4-9(5-7-10)15(18)20/h1-7H,8H2,(H2,18,20). The normalized spacial score (nSPS) is 10.2. The maximum Gasteiger partial charge on any atom is 0.315 e. The number of primary amides is 1. The van der Waals surface area contributed by atoms with Crippen LogP contribution in [0.4, 0.5) is 0 Å². The van der Waals surface area contributed by atoms with Gasteiger partial charge in [-0.05, 0) is 36.4 Å². The van der Waals surface area contributed by atoms with Crippen LogP contribution in [-0.2, 0) is 11.2 Å². The quantitative estimate of drug-likeness (QED) is 0.693. The van der Waals surface area contributed by atoms with E-state index < -0.39 is 11.9 Å². The summed E-state index contributed by atoms with van der Waals surface area (Å²) < 4.78 is 5.15. The van der Waals surface area contributed by atoms with Crippen molar-refractivity contribution >= 4 is 35.1 Å². The molecule has 0 heterocycles. The van der Waals surface area contributed by atoms with Crippen LogP contribution in [0.2, 0.25) is 10.0 Å². The van der Waals surface area contributed by atoms with E-state index in [0.29, 0.717) is 26.9 Å². The average molecular weight is 324 g/mol. The molecular weight excluding hydrogens is 313 g/mol. The van der Waals surface area contributed by atoms with Crippen molar-refractivity contribution in [1.29, 1.82) is 0 Å². The van der Waals surface area contributed by atoms with Gasteiger partial charge in [0, 0.05) is 21.2 Å². The van der Waals surface area contributed by atoms with E-state index in [-0.39, 0.29) is 6.42 Å². The van der Waals surface area contributed by atoms with Crippen molar-refractivity contribution in [2.24, 2.45) is 5.73 Å². The third-order valence-electron chi connectivity index (χ3n) is 2.75. The van der Waals surface area contributed by atoms with E-state index in [1.54, 1.807) is 18.2 Å². The summed E-state index contributed by atoms with van der Waals surface area (Å²) in [4.78, 5) is 22.8. The highest BCUT2D eigenvalue weighted by molar-refractivity contribution is 6.36. The highest BCUT2D eigenvalue weighted by Gasteiger charge is 2.13. The van der Waals surface area contributed by atoms with Gasteiger partial charge in [-0.15, -0.1) is 0 Å². The van der Waals surface area contributed by atoms with Crippen LogP contribution in [0, 0.1) is 0 Å². The lowest BCUT2D eigenvalue weighted by Crippen LogP contribution is -2.13. The molecule has 2 N–H and O–H groups in total. The number of ether oxygens (including phenoxy) is 1. The molecule has 0 aromatic heterocycles. The number of hydrogen-bond acceptors (Lipinski definition) is 3. The minimum atomic E-state index is -0.546. The molecule has 0 bridgehead atoms. The fraction of sp³-hybridized carbons (Fsp3) is 0.0667. The number of halogens is 2. The van der Waals surface area contributed by atoms with Gasteiger partial charge in [0.25, 0.3) is 0 Å². The van der Waals surface area contributed by atoms with Crippen LogP contribution in [0.25, 0.3) is 0 Å². The highest BCUT2D eigenvalue weighted by Crippen LogP contribution is 2.25. The first-order chi connectivity index (χ1) is 9.97. The van der Waals surface area contributed by atoms with Gasteiger partial charge < -0.3 is 10.5 Å². The fourth-order valence-electron chi connectivity index (χ4n) is 1.70. The zero-order valence-corrected chi connectivity index (χ0v) is 12.3. The molecule has 0 radical (unpaired) electrons. The van der Waals surface area contributed by atoms with Crippen molar-refractivity contribution in [2.45, 2.75) is 6.42 Å². The Morgan fingerprint density at radius 2 is 1.57 bits per heavy atom. The summed E-state index contributed by atoms with van der Waals surface area (Å²) in [5.41, 5.74) is 5.98.